The van der Waals surface area contributed by atoms with Gasteiger partial charge in [-0.2, -0.15) is 0 Å². The lowest BCUT2D eigenvalue weighted by Crippen LogP contribution is -2.43. The molecule has 0 amide bonds. The van der Waals surface area contributed by atoms with E-state index in [9.17, 15) is 5.11 Å². The highest BCUT2D eigenvalue weighted by atomic mass is 16.5. The third-order valence-electron chi connectivity index (χ3n) is 4.15. The lowest BCUT2D eigenvalue weighted by atomic mass is 9.97. The van der Waals surface area contributed by atoms with Crippen LogP contribution in [0.4, 0.5) is 0 Å². The molecule has 0 aliphatic carbocycles. The Balaban J connectivity index is 2.24. The van der Waals surface area contributed by atoms with Crippen LogP contribution in [0, 0.1) is 0 Å². The minimum atomic E-state index is 0.193. The molecule has 0 bridgehead atoms. The van der Waals surface area contributed by atoms with Gasteiger partial charge in [-0.05, 0) is 50.9 Å². The number of likely N-dealkylation sites (tertiary alicyclic amines) is 1. The molecular formula is C16H26N2O2. The predicted molar refractivity (Wildman–Crippen MR) is 81.1 cm³/mol. The van der Waals surface area contributed by atoms with E-state index in [4.69, 9.17) is 10.5 Å². The number of benzene rings is 1. The third-order valence-corrected chi connectivity index (χ3v) is 4.15. The molecule has 2 rings (SSSR count). The van der Waals surface area contributed by atoms with Crippen molar-refractivity contribution in [3.63, 3.8) is 0 Å². The van der Waals surface area contributed by atoms with Crippen LogP contribution in [-0.4, -0.2) is 35.7 Å². The first-order chi connectivity index (χ1) is 9.67. The molecule has 4 heteroatoms. The Bertz CT molecular complexity index is 436. The lowest BCUT2D eigenvalue weighted by molar-refractivity contribution is 0.108. The van der Waals surface area contributed by atoms with E-state index in [1.54, 1.807) is 6.07 Å². The molecule has 3 N–H and O–H groups in total. The van der Waals surface area contributed by atoms with E-state index in [2.05, 4.69) is 11.8 Å². The second-order valence-electron chi connectivity index (χ2n) is 5.49. The quantitative estimate of drug-likeness (QED) is 0.869. The number of rotatable bonds is 5. The molecule has 1 aliphatic heterocycles. The number of aromatic hydroxyl groups is 1. The predicted octanol–water partition coefficient (Wildman–Crippen LogP) is 2.67. The van der Waals surface area contributed by atoms with Gasteiger partial charge in [0, 0.05) is 18.6 Å². The fourth-order valence-electron chi connectivity index (χ4n) is 3.06. The molecule has 0 spiro atoms. The van der Waals surface area contributed by atoms with Crippen molar-refractivity contribution in [2.75, 3.05) is 19.7 Å². The first-order valence-electron chi connectivity index (χ1n) is 7.58. The summed E-state index contributed by atoms with van der Waals surface area (Å²) in [6.45, 7) is 6.41. The molecule has 0 aromatic heterocycles. The molecule has 1 aliphatic rings. The summed E-state index contributed by atoms with van der Waals surface area (Å²) in [7, 11) is 0. The van der Waals surface area contributed by atoms with Gasteiger partial charge in [-0.3, -0.25) is 4.90 Å². The Hall–Kier alpha value is -1.26. The SMILES string of the molecule is CCOc1cc(C(CN)N2CCCCC2C)ccc1O. The first-order valence-corrected chi connectivity index (χ1v) is 7.58. The highest BCUT2D eigenvalue weighted by Crippen LogP contribution is 2.33. The number of hydrogen-bond donors (Lipinski definition) is 2. The molecule has 112 valence electrons. The van der Waals surface area contributed by atoms with Gasteiger partial charge in [0.15, 0.2) is 11.5 Å². The van der Waals surface area contributed by atoms with Gasteiger partial charge >= 0.3 is 0 Å². The normalized spacial score (nSPS) is 21.6. The van der Waals surface area contributed by atoms with Crippen LogP contribution in [0.25, 0.3) is 0 Å². The average molecular weight is 278 g/mol. The number of nitrogens with two attached hydrogens (primary N) is 1. The number of ether oxygens (including phenoxy) is 1. The van der Waals surface area contributed by atoms with Crippen molar-refractivity contribution in [3.8, 4) is 11.5 Å². The van der Waals surface area contributed by atoms with Crippen LogP contribution >= 0.6 is 0 Å². The van der Waals surface area contributed by atoms with Crippen molar-refractivity contribution in [2.24, 2.45) is 5.73 Å². The van der Waals surface area contributed by atoms with E-state index in [1.807, 2.05) is 19.1 Å². The lowest BCUT2D eigenvalue weighted by Gasteiger charge is -2.39. The first kappa shape index (κ1) is 15.1. The number of nitrogens with zero attached hydrogens (tertiary/aromatic N) is 1. The molecule has 20 heavy (non-hydrogen) atoms. The van der Waals surface area contributed by atoms with Crippen molar-refractivity contribution in [2.45, 2.75) is 45.2 Å². The summed E-state index contributed by atoms with van der Waals surface area (Å²) in [6.07, 6.45) is 3.76. The minimum Gasteiger partial charge on any atom is -0.504 e. The van der Waals surface area contributed by atoms with Crippen molar-refractivity contribution in [1.29, 1.82) is 0 Å². The van der Waals surface area contributed by atoms with Crippen molar-refractivity contribution in [3.05, 3.63) is 23.8 Å². The number of phenols is 1. The second-order valence-corrected chi connectivity index (χ2v) is 5.49. The van der Waals surface area contributed by atoms with Gasteiger partial charge in [0.25, 0.3) is 0 Å². The van der Waals surface area contributed by atoms with Gasteiger partial charge in [0.05, 0.1) is 6.61 Å². The average Bonchev–Trinajstić information content (AvgIpc) is 2.45. The van der Waals surface area contributed by atoms with Crippen LogP contribution in [-0.2, 0) is 0 Å². The van der Waals surface area contributed by atoms with Gasteiger partial charge in [-0.25, -0.2) is 0 Å². The summed E-state index contributed by atoms with van der Waals surface area (Å²) < 4.78 is 5.48. The monoisotopic (exact) mass is 278 g/mol. The van der Waals surface area contributed by atoms with E-state index in [-0.39, 0.29) is 11.8 Å². The van der Waals surface area contributed by atoms with Gasteiger partial charge in [0.1, 0.15) is 0 Å². The Labute approximate surface area is 121 Å². The van der Waals surface area contributed by atoms with Crippen molar-refractivity contribution < 1.29 is 9.84 Å². The molecule has 2 unspecified atom stereocenters. The fourth-order valence-corrected chi connectivity index (χ4v) is 3.06. The maximum atomic E-state index is 9.81. The minimum absolute atomic E-state index is 0.193. The molecule has 1 saturated heterocycles. The zero-order valence-electron chi connectivity index (χ0n) is 12.5. The van der Waals surface area contributed by atoms with Crippen molar-refractivity contribution in [1.82, 2.24) is 4.90 Å². The number of phenolic OH excluding ortho intramolecular Hbond substituents is 1. The Kier molecular flexibility index (Phi) is 5.26. The van der Waals surface area contributed by atoms with Crippen LogP contribution < -0.4 is 10.5 Å². The maximum absolute atomic E-state index is 9.81. The molecule has 0 saturated carbocycles. The number of hydrogen-bond acceptors (Lipinski definition) is 4. The van der Waals surface area contributed by atoms with Gasteiger partial charge < -0.3 is 15.6 Å². The summed E-state index contributed by atoms with van der Waals surface area (Å²) in [5.74, 6) is 0.742. The summed E-state index contributed by atoms with van der Waals surface area (Å²) >= 11 is 0. The molecule has 1 aromatic rings. The summed E-state index contributed by atoms with van der Waals surface area (Å²) in [5.41, 5.74) is 7.14. The third kappa shape index (κ3) is 3.25. The van der Waals surface area contributed by atoms with Gasteiger partial charge in [-0.1, -0.05) is 12.5 Å². The highest BCUT2D eigenvalue weighted by molar-refractivity contribution is 5.43. The zero-order chi connectivity index (χ0) is 14.5. The molecule has 4 nitrogen and oxygen atoms in total. The van der Waals surface area contributed by atoms with E-state index >= 15 is 0 Å². The molecule has 1 aromatic carbocycles. The van der Waals surface area contributed by atoms with Crippen LogP contribution in [0.2, 0.25) is 0 Å². The maximum Gasteiger partial charge on any atom is 0.161 e. The summed E-state index contributed by atoms with van der Waals surface area (Å²) in [6, 6.07) is 6.35. The fraction of sp³-hybridized carbons (Fsp3) is 0.625. The summed E-state index contributed by atoms with van der Waals surface area (Å²) in [4.78, 5) is 2.48. The molecular weight excluding hydrogens is 252 g/mol. The smallest absolute Gasteiger partial charge is 0.161 e. The summed E-state index contributed by atoms with van der Waals surface area (Å²) in [5, 5.41) is 9.81. The van der Waals surface area contributed by atoms with Crippen LogP contribution in [0.15, 0.2) is 18.2 Å². The van der Waals surface area contributed by atoms with E-state index in [1.165, 1.54) is 19.3 Å². The van der Waals surface area contributed by atoms with E-state index in [0.717, 1.165) is 12.1 Å². The molecule has 0 radical (unpaired) electrons. The van der Waals surface area contributed by atoms with Crippen LogP contribution in [0.3, 0.4) is 0 Å². The standard InChI is InChI=1S/C16H26N2O2/c1-3-20-16-10-13(7-8-15(16)19)14(11-17)18-9-5-4-6-12(18)2/h7-8,10,12,14,19H,3-6,9,11,17H2,1-2H3. The molecule has 1 fully saturated rings. The van der Waals surface area contributed by atoms with E-state index in [0.29, 0.717) is 24.9 Å². The second kappa shape index (κ2) is 6.95. The topological polar surface area (TPSA) is 58.7 Å². The Morgan fingerprint density at radius 1 is 1.45 bits per heavy atom. The van der Waals surface area contributed by atoms with E-state index < -0.39 is 0 Å². The number of piperidine rings is 1. The van der Waals surface area contributed by atoms with Crippen LogP contribution in [0.5, 0.6) is 11.5 Å². The Morgan fingerprint density at radius 3 is 2.90 bits per heavy atom. The Morgan fingerprint density at radius 2 is 2.25 bits per heavy atom. The highest BCUT2D eigenvalue weighted by Gasteiger charge is 2.26. The van der Waals surface area contributed by atoms with Gasteiger partial charge in [-0.15, -0.1) is 0 Å². The van der Waals surface area contributed by atoms with Crippen LogP contribution in [0.1, 0.15) is 44.7 Å². The largest absolute Gasteiger partial charge is 0.504 e. The van der Waals surface area contributed by atoms with Crippen molar-refractivity contribution >= 4 is 0 Å². The molecule has 1 heterocycles. The zero-order valence-corrected chi connectivity index (χ0v) is 12.5. The van der Waals surface area contributed by atoms with Gasteiger partial charge in [0.2, 0.25) is 0 Å². The molecule has 2 atom stereocenters.